The Morgan fingerprint density at radius 2 is 1.60 bits per heavy atom. The summed E-state index contributed by atoms with van der Waals surface area (Å²) in [6.07, 6.45) is 0.514. The second-order valence-electron chi connectivity index (χ2n) is 7.67. The molecule has 1 heterocycles. The van der Waals surface area contributed by atoms with Crippen molar-refractivity contribution in [3.8, 4) is 0 Å². The summed E-state index contributed by atoms with van der Waals surface area (Å²) in [4.78, 5) is 30.0. The zero-order valence-electron chi connectivity index (χ0n) is 17.2. The maximum absolute atomic E-state index is 13.2. The Labute approximate surface area is 176 Å². The van der Waals surface area contributed by atoms with Crippen LogP contribution in [0.2, 0.25) is 0 Å². The van der Waals surface area contributed by atoms with Gasteiger partial charge in [0.2, 0.25) is 5.91 Å². The molecule has 1 atom stereocenters. The van der Waals surface area contributed by atoms with Crippen LogP contribution in [0.25, 0.3) is 0 Å². The highest BCUT2D eigenvalue weighted by Crippen LogP contribution is 2.33. The molecule has 0 spiro atoms. The van der Waals surface area contributed by atoms with Gasteiger partial charge in [-0.05, 0) is 41.5 Å². The Morgan fingerprint density at radius 1 is 0.933 bits per heavy atom. The number of benzene rings is 3. The summed E-state index contributed by atoms with van der Waals surface area (Å²) in [6, 6.07) is 24.3. The van der Waals surface area contributed by atoms with Crippen LogP contribution in [-0.4, -0.2) is 32.0 Å². The second-order valence-corrected chi connectivity index (χ2v) is 7.67. The molecule has 0 fully saturated rings. The first-order valence-electron chi connectivity index (χ1n) is 10.0. The molecule has 5 nitrogen and oxygen atoms in total. The molecule has 3 aromatic carbocycles. The number of nitrogens with zero attached hydrogens (tertiary/aromatic N) is 2. The molecule has 1 N–H and O–H groups in total. The molecule has 2 amide bonds. The number of hydrogen-bond donors (Lipinski definition) is 1. The molecule has 3 aromatic rings. The third-order valence-corrected chi connectivity index (χ3v) is 5.44. The van der Waals surface area contributed by atoms with Crippen LogP contribution in [0.15, 0.2) is 78.9 Å². The summed E-state index contributed by atoms with van der Waals surface area (Å²) in [5.74, 6) is -0.303. The Hall–Kier alpha value is -3.60. The number of carbonyl (C=O) groups is 2. The van der Waals surface area contributed by atoms with Gasteiger partial charge >= 0.3 is 0 Å². The van der Waals surface area contributed by atoms with Gasteiger partial charge in [0.1, 0.15) is 6.04 Å². The van der Waals surface area contributed by atoms with Gasteiger partial charge in [-0.15, -0.1) is 0 Å². The van der Waals surface area contributed by atoms with Crippen LogP contribution >= 0.6 is 0 Å². The lowest BCUT2D eigenvalue weighted by Gasteiger charge is -2.25. The summed E-state index contributed by atoms with van der Waals surface area (Å²) in [7, 11) is 3.99. The molecule has 4 rings (SSSR count). The number of rotatable bonds is 5. The van der Waals surface area contributed by atoms with Crippen molar-refractivity contribution in [2.24, 2.45) is 0 Å². The molecule has 1 aliphatic rings. The smallest absolute Gasteiger partial charge is 0.259 e. The number of hydrogen-bond acceptors (Lipinski definition) is 3. The van der Waals surface area contributed by atoms with Gasteiger partial charge < -0.3 is 10.2 Å². The first kappa shape index (κ1) is 19.7. The first-order valence-corrected chi connectivity index (χ1v) is 10.0. The highest BCUT2D eigenvalue weighted by atomic mass is 16.2. The minimum absolute atomic E-state index is 0.146. The molecular formula is C25H25N3O2. The zero-order valence-corrected chi connectivity index (χ0v) is 17.2. The molecule has 30 heavy (non-hydrogen) atoms. The Bertz CT molecular complexity index is 1050. The van der Waals surface area contributed by atoms with Crippen molar-refractivity contribution in [1.29, 1.82) is 0 Å². The van der Waals surface area contributed by atoms with Crippen molar-refractivity contribution in [3.05, 3.63) is 95.6 Å². The third kappa shape index (κ3) is 3.92. The van der Waals surface area contributed by atoms with Crippen LogP contribution in [-0.2, 0) is 17.8 Å². The van der Waals surface area contributed by atoms with E-state index >= 15 is 0 Å². The minimum Gasteiger partial charge on any atom is -0.378 e. The van der Waals surface area contributed by atoms with E-state index in [-0.39, 0.29) is 11.8 Å². The zero-order chi connectivity index (χ0) is 21.1. The normalized spacial score (nSPS) is 14.9. The van der Waals surface area contributed by atoms with E-state index < -0.39 is 6.04 Å². The lowest BCUT2D eigenvalue weighted by molar-refractivity contribution is -0.122. The molecule has 0 unspecified atom stereocenters. The predicted octanol–water partition coefficient (Wildman–Crippen LogP) is 3.64. The maximum Gasteiger partial charge on any atom is 0.259 e. The lowest BCUT2D eigenvalue weighted by Crippen LogP contribution is -2.48. The van der Waals surface area contributed by atoms with Crippen LogP contribution in [0.5, 0.6) is 0 Å². The minimum atomic E-state index is -0.559. The quantitative estimate of drug-likeness (QED) is 0.713. The van der Waals surface area contributed by atoms with Crippen LogP contribution < -0.4 is 15.1 Å². The SMILES string of the molecule is CN(C)c1ccc(CNC(=O)[C@H]2Cc3ccccc3N2C(=O)c2ccccc2)cc1. The monoisotopic (exact) mass is 399 g/mol. The number of anilines is 2. The summed E-state index contributed by atoms with van der Waals surface area (Å²) < 4.78 is 0. The molecule has 0 radical (unpaired) electrons. The number of para-hydroxylation sites is 1. The number of amides is 2. The molecule has 0 saturated carbocycles. The summed E-state index contributed by atoms with van der Waals surface area (Å²) in [5, 5.41) is 3.01. The third-order valence-electron chi connectivity index (χ3n) is 5.44. The van der Waals surface area contributed by atoms with E-state index in [0.717, 1.165) is 22.5 Å². The van der Waals surface area contributed by atoms with E-state index in [9.17, 15) is 9.59 Å². The number of carbonyl (C=O) groups excluding carboxylic acids is 2. The van der Waals surface area contributed by atoms with Gasteiger partial charge in [-0.3, -0.25) is 14.5 Å². The van der Waals surface area contributed by atoms with E-state index in [1.807, 2.05) is 85.7 Å². The molecular weight excluding hydrogens is 374 g/mol. The summed E-state index contributed by atoms with van der Waals surface area (Å²) >= 11 is 0. The van der Waals surface area contributed by atoms with Gasteiger partial charge in [0, 0.05) is 44.0 Å². The molecule has 0 saturated heterocycles. The standard InChI is InChI=1S/C25H25N3O2/c1-27(2)21-14-12-18(13-15-21)17-26-24(29)23-16-20-10-6-7-11-22(20)28(23)25(30)19-8-4-3-5-9-19/h3-15,23H,16-17H2,1-2H3,(H,26,29)/t23-/m1/s1. The van der Waals surface area contributed by atoms with Crippen molar-refractivity contribution in [1.82, 2.24) is 5.32 Å². The largest absolute Gasteiger partial charge is 0.378 e. The van der Waals surface area contributed by atoms with Crippen molar-refractivity contribution in [3.63, 3.8) is 0 Å². The molecule has 5 heteroatoms. The van der Waals surface area contributed by atoms with E-state index in [4.69, 9.17) is 0 Å². The van der Waals surface area contributed by atoms with Crippen molar-refractivity contribution < 1.29 is 9.59 Å². The molecule has 0 aromatic heterocycles. The van der Waals surface area contributed by atoms with Crippen molar-refractivity contribution >= 4 is 23.2 Å². The average molecular weight is 399 g/mol. The lowest BCUT2D eigenvalue weighted by atomic mass is 10.1. The fourth-order valence-electron chi connectivity index (χ4n) is 3.79. The van der Waals surface area contributed by atoms with Crippen LogP contribution in [0.3, 0.4) is 0 Å². The molecule has 1 aliphatic heterocycles. The predicted molar refractivity (Wildman–Crippen MR) is 120 cm³/mol. The van der Waals surface area contributed by atoms with Crippen LogP contribution in [0.4, 0.5) is 11.4 Å². The van der Waals surface area contributed by atoms with Gasteiger partial charge in [-0.1, -0.05) is 48.5 Å². The van der Waals surface area contributed by atoms with E-state index in [1.54, 1.807) is 17.0 Å². The fourth-order valence-corrected chi connectivity index (χ4v) is 3.79. The van der Waals surface area contributed by atoms with Crippen LogP contribution in [0, 0.1) is 0 Å². The Balaban J connectivity index is 1.53. The highest BCUT2D eigenvalue weighted by molar-refractivity contribution is 6.11. The highest BCUT2D eigenvalue weighted by Gasteiger charge is 2.38. The van der Waals surface area contributed by atoms with E-state index in [0.29, 0.717) is 18.5 Å². The van der Waals surface area contributed by atoms with Gasteiger partial charge in [0.15, 0.2) is 0 Å². The Morgan fingerprint density at radius 3 is 2.30 bits per heavy atom. The topological polar surface area (TPSA) is 52.7 Å². The van der Waals surface area contributed by atoms with Gasteiger partial charge in [-0.25, -0.2) is 0 Å². The maximum atomic E-state index is 13.2. The molecule has 152 valence electrons. The average Bonchev–Trinajstić information content (AvgIpc) is 3.17. The molecule has 0 bridgehead atoms. The van der Waals surface area contributed by atoms with Crippen LogP contribution in [0.1, 0.15) is 21.5 Å². The molecule has 0 aliphatic carbocycles. The summed E-state index contributed by atoms with van der Waals surface area (Å²) in [5.41, 5.74) is 4.52. The van der Waals surface area contributed by atoms with E-state index in [2.05, 4.69) is 5.32 Å². The fraction of sp³-hybridized carbons (Fsp3) is 0.200. The van der Waals surface area contributed by atoms with Crippen molar-refractivity contribution in [2.45, 2.75) is 19.0 Å². The first-order chi connectivity index (χ1) is 14.5. The van der Waals surface area contributed by atoms with Gasteiger partial charge in [-0.2, -0.15) is 0 Å². The Kier molecular flexibility index (Phi) is 5.53. The summed E-state index contributed by atoms with van der Waals surface area (Å²) in [6.45, 7) is 0.423. The van der Waals surface area contributed by atoms with E-state index in [1.165, 1.54) is 0 Å². The van der Waals surface area contributed by atoms with Gasteiger partial charge in [0.25, 0.3) is 5.91 Å². The number of nitrogens with one attached hydrogen (secondary N) is 1. The van der Waals surface area contributed by atoms with Gasteiger partial charge in [0.05, 0.1) is 0 Å². The number of fused-ring (bicyclic) bond motifs is 1. The van der Waals surface area contributed by atoms with Crippen molar-refractivity contribution in [2.75, 3.05) is 23.9 Å². The second kappa shape index (κ2) is 8.41.